The summed E-state index contributed by atoms with van der Waals surface area (Å²) in [5, 5.41) is 3.24. The molecule has 0 atom stereocenters. The minimum atomic E-state index is -0.124. The van der Waals surface area contributed by atoms with Crippen molar-refractivity contribution in [3.05, 3.63) is 35.9 Å². The van der Waals surface area contributed by atoms with E-state index < -0.39 is 0 Å². The fraction of sp³-hybridized carbons (Fsp3) is 0.533. The molecule has 2 rings (SSSR count). The highest BCUT2D eigenvalue weighted by Gasteiger charge is 2.40. The van der Waals surface area contributed by atoms with Crippen molar-refractivity contribution in [3.8, 4) is 0 Å². The van der Waals surface area contributed by atoms with Crippen molar-refractivity contribution in [2.24, 2.45) is 0 Å². The first-order chi connectivity index (χ1) is 8.72. The Morgan fingerprint density at radius 2 is 1.83 bits per heavy atom. The van der Waals surface area contributed by atoms with Crippen LogP contribution in [0.25, 0.3) is 0 Å². The molecule has 1 aromatic rings. The van der Waals surface area contributed by atoms with Gasteiger partial charge < -0.3 is 10.2 Å². The van der Waals surface area contributed by atoms with E-state index in [4.69, 9.17) is 0 Å². The first-order valence-corrected chi connectivity index (χ1v) is 6.84. The van der Waals surface area contributed by atoms with Gasteiger partial charge in [0, 0.05) is 13.1 Å². The second kappa shape index (κ2) is 5.42. The summed E-state index contributed by atoms with van der Waals surface area (Å²) in [6.45, 7) is 5.54. The van der Waals surface area contributed by atoms with E-state index in [2.05, 4.69) is 17.4 Å². The fourth-order valence-electron chi connectivity index (χ4n) is 2.57. The topological polar surface area (TPSA) is 32.3 Å². The van der Waals surface area contributed by atoms with Gasteiger partial charge in [-0.15, -0.1) is 0 Å². The maximum Gasteiger partial charge on any atom is 0.318 e. The molecule has 1 N–H and O–H groups in total. The van der Waals surface area contributed by atoms with Crippen LogP contribution in [0.4, 0.5) is 4.79 Å². The molecule has 0 unspecified atom stereocenters. The molecule has 1 aliphatic carbocycles. The summed E-state index contributed by atoms with van der Waals surface area (Å²) in [5.41, 5.74) is 1.11. The second-order valence-electron chi connectivity index (χ2n) is 4.90. The Labute approximate surface area is 109 Å². The molecule has 0 saturated heterocycles. The smallest absolute Gasteiger partial charge is 0.318 e. The third kappa shape index (κ3) is 2.35. The Balaban J connectivity index is 2.12. The maximum absolute atomic E-state index is 12.2. The number of hydrogen-bond donors (Lipinski definition) is 1. The summed E-state index contributed by atoms with van der Waals surface area (Å²) in [6, 6.07) is 10.4. The Bertz CT molecular complexity index is 394. The molecule has 0 aliphatic heterocycles. The van der Waals surface area contributed by atoms with E-state index >= 15 is 0 Å². The van der Waals surface area contributed by atoms with E-state index in [-0.39, 0.29) is 11.6 Å². The standard InChI is InChI=1S/C15H22N2O/c1-3-17(4-2)14(18)16-15(11-8-12-15)13-9-6-5-7-10-13/h5-7,9-10H,3-4,8,11-12H2,1-2H3,(H,16,18). The zero-order valence-electron chi connectivity index (χ0n) is 11.3. The molecular formula is C15H22N2O. The van der Waals surface area contributed by atoms with Crippen LogP contribution in [0.2, 0.25) is 0 Å². The van der Waals surface area contributed by atoms with Crippen molar-refractivity contribution in [3.63, 3.8) is 0 Å². The van der Waals surface area contributed by atoms with E-state index in [9.17, 15) is 4.79 Å². The van der Waals surface area contributed by atoms with Gasteiger partial charge in [-0.3, -0.25) is 0 Å². The van der Waals surface area contributed by atoms with E-state index in [0.717, 1.165) is 25.9 Å². The lowest BCUT2D eigenvalue weighted by molar-refractivity contribution is 0.152. The predicted molar refractivity (Wildman–Crippen MR) is 73.4 cm³/mol. The van der Waals surface area contributed by atoms with Gasteiger partial charge in [0.05, 0.1) is 5.54 Å². The van der Waals surface area contributed by atoms with Crippen LogP contribution in [0.3, 0.4) is 0 Å². The first kappa shape index (κ1) is 12.9. The SMILES string of the molecule is CCN(CC)C(=O)NC1(c2ccccc2)CCC1. The summed E-state index contributed by atoms with van der Waals surface area (Å²) in [4.78, 5) is 14.0. The minimum absolute atomic E-state index is 0.0588. The lowest BCUT2D eigenvalue weighted by atomic mass is 9.72. The van der Waals surface area contributed by atoms with Gasteiger partial charge in [0.2, 0.25) is 0 Å². The van der Waals surface area contributed by atoms with E-state index in [1.165, 1.54) is 12.0 Å². The number of amides is 2. The summed E-state index contributed by atoms with van der Waals surface area (Å²) in [5.74, 6) is 0. The monoisotopic (exact) mass is 246 g/mol. The Kier molecular flexibility index (Phi) is 3.90. The molecule has 0 radical (unpaired) electrons. The molecule has 1 aliphatic rings. The van der Waals surface area contributed by atoms with E-state index in [0.29, 0.717) is 0 Å². The molecule has 18 heavy (non-hydrogen) atoms. The van der Waals surface area contributed by atoms with Crippen molar-refractivity contribution >= 4 is 6.03 Å². The summed E-state index contributed by atoms with van der Waals surface area (Å²) >= 11 is 0. The number of urea groups is 1. The normalized spacial score (nSPS) is 16.8. The highest BCUT2D eigenvalue weighted by molar-refractivity contribution is 5.75. The highest BCUT2D eigenvalue weighted by atomic mass is 16.2. The van der Waals surface area contributed by atoms with Crippen molar-refractivity contribution in [1.82, 2.24) is 10.2 Å². The first-order valence-electron chi connectivity index (χ1n) is 6.84. The van der Waals surface area contributed by atoms with Crippen LogP contribution in [-0.2, 0) is 5.54 Å². The minimum Gasteiger partial charge on any atom is -0.328 e. The zero-order chi connectivity index (χ0) is 13.0. The molecule has 2 amide bonds. The molecule has 1 fully saturated rings. The number of benzene rings is 1. The van der Waals surface area contributed by atoms with Crippen molar-refractivity contribution < 1.29 is 4.79 Å². The third-order valence-electron chi connectivity index (χ3n) is 3.93. The lowest BCUT2D eigenvalue weighted by Gasteiger charge is -2.44. The van der Waals surface area contributed by atoms with Gasteiger partial charge in [0.15, 0.2) is 0 Å². The molecule has 1 aromatic carbocycles. The highest BCUT2D eigenvalue weighted by Crippen LogP contribution is 2.41. The maximum atomic E-state index is 12.2. The Morgan fingerprint density at radius 3 is 2.28 bits per heavy atom. The van der Waals surface area contributed by atoms with Gasteiger partial charge in [0.1, 0.15) is 0 Å². The number of rotatable bonds is 4. The number of nitrogens with one attached hydrogen (secondary N) is 1. The zero-order valence-corrected chi connectivity index (χ0v) is 11.3. The third-order valence-corrected chi connectivity index (χ3v) is 3.93. The van der Waals surface area contributed by atoms with Crippen molar-refractivity contribution in [2.45, 2.75) is 38.6 Å². The molecule has 0 heterocycles. The van der Waals surface area contributed by atoms with Crippen molar-refractivity contribution in [2.75, 3.05) is 13.1 Å². The van der Waals surface area contributed by atoms with Crippen LogP contribution in [0, 0.1) is 0 Å². The summed E-state index contributed by atoms with van der Waals surface area (Å²) < 4.78 is 0. The Morgan fingerprint density at radius 1 is 1.22 bits per heavy atom. The van der Waals surface area contributed by atoms with Crippen LogP contribution in [0.5, 0.6) is 0 Å². The van der Waals surface area contributed by atoms with Gasteiger partial charge in [-0.1, -0.05) is 30.3 Å². The molecule has 1 saturated carbocycles. The van der Waals surface area contributed by atoms with Gasteiger partial charge in [0.25, 0.3) is 0 Å². The molecule has 3 heteroatoms. The van der Waals surface area contributed by atoms with Crippen LogP contribution >= 0.6 is 0 Å². The lowest BCUT2D eigenvalue weighted by Crippen LogP contribution is -2.54. The number of hydrogen-bond acceptors (Lipinski definition) is 1. The van der Waals surface area contributed by atoms with E-state index in [1.807, 2.05) is 36.9 Å². The van der Waals surface area contributed by atoms with Crippen LogP contribution in [-0.4, -0.2) is 24.0 Å². The largest absolute Gasteiger partial charge is 0.328 e. The van der Waals surface area contributed by atoms with Gasteiger partial charge in [-0.25, -0.2) is 4.79 Å². The number of carbonyl (C=O) groups excluding carboxylic acids is 1. The van der Waals surface area contributed by atoms with Crippen LogP contribution in [0.1, 0.15) is 38.7 Å². The number of nitrogens with zero attached hydrogens (tertiary/aromatic N) is 1. The quantitative estimate of drug-likeness (QED) is 0.869. The molecule has 98 valence electrons. The fourth-order valence-corrected chi connectivity index (χ4v) is 2.57. The summed E-state index contributed by atoms with van der Waals surface area (Å²) in [6.07, 6.45) is 3.28. The van der Waals surface area contributed by atoms with Gasteiger partial charge in [-0.2, -0.15) is 0 Å². The van der Waals surface area contributed by atoms with Crippen LogP contribution < -0.4 is 5.32 Å². The molecule has 0 bridgehead atoms. The van der Waals surface area contributed by atoms with Gasteiger partial charge >= 0.3 is 6.03 Å². The van der Waals surface area contributed by atoms with E-state index in [1.54, 1.807) is 0 Å². The second-order valence-corrected chi connectivity index (χ2v) is 4.90. The molecule has 0 aromatic heterocycles. The van der Waals surface area contributed by atoms with Gasteiger partial charge in [-0.05, 0) is 38.7 Å². The predicted octanol–water partition coefficient (Wildman–Crippen LogP) is 3.12. The molecule has 3 nitrogen and oxygen atoms in total. The number of carbonyl (C=O) groups is 1. The average molecular weight is 246 g/mol. The van der Waals surface area contributed by atoms with Crippen LogP contribution in [0.15, 0.2) is 30.3 Å². The molecule has 0 spiro atoms. The van der Waals surface area contributed by atoms with Crippen molar-refractivity contribution in [1.29, 1.82) is 0 Å². The average Bonchev–Trinajstić information content (AvgIpc) is 2.36. The Hall–Kier alpha value is -1.51. The molecular weight excluding hydrogens is 224 g/mol. The summed E-state index contributed by atoms with van der Waals surface area (Å²) in [7, 11) is 0.